The fraction of sp³-hybridized carbons (Fsp3) is 0.900. The molecule has 1 heterocycles. The van der Waals surface area contributed by atoms with E-state index in [9.17, 15) is 9.59 Å². The van der Waals surface area contributed by atoms with Crippen molar-refractivity contribution in [2.45, 2.75) is 109 Å². The van der Waals surface area contributed by atoms with Gasteiger partial charge in [0.05, 0.1) is 5.41 Å². The normalized spacial score (nSPS) is 25.2. The number of carbonyl (C=O) groups excluding carboxylic acids is 2. The number of hydrogen-bond donors (Lipinski definition) is 1. The van der Waals surface area contributed by atoms with Crippen LogP contribution in [-0.4, -0.2) is 28.9 Å². The maximum atomic E-state index is 12.9. The highest BCUT2D eigenvalue weighted by Crippen LogP contribution is 2.41. The summed E-state index contributed by atoms with van der Waals surface area (Å²) in [4.78, 5) is 45.7. The predicted molar refractivity (Wildman–Crippen MR) is 106 cm³/mol. The van der Waals surface area contributed by atoms with E-state index in [2.05, 4.69) is 26.5 Å². The van der Waals surface area contributed by atoms with Crippen LogP contribution in [0, 0.1) is 5.41 Å². The molecule has 4 atom stereocenters. The second kappa shape index (κ2) is 11.3. The Bertz CT molecular complexity index is 481. The molecule has 7 heteroatoms. The van der Waals surface area contributed by atoms with Crippen LogP contribution in [-0.2, 0) is 29.1 Å². The van der Waals surface area contributed by atoms with Gasteiger partial charge in [-0.2, -0.15) is 12.6 Å². The molecule has 0 N–H and O–H groups in total. The Kier molecular flexibility index (Phi) is 10.1. The highest BCUT2D eigenvalue weighted by atomic mass is 32.1. The molecule has 4 unspecified atom stereocenters. The van der Waals surface area contributed by atoms with Crippen LogP contribution in [0.15, 0.2) is 0 Å². The maximum Gasteiger partial charge on any atom is 0.393 e. The van der Waals surface area contributed by atoms with Crippen molar-refractivity contribution in [3.05, 3.63) is 0 Å². The van der Waals surface area contributed by atoms with Crippen molar-refractivity contribution in [3.8, 4) is 0 Å². The van der Waals surface area contributed by atoms with Gasteiger partial charge in [0.15, 0.2) is 0 Å². The van der Waals surface area contributed by atoms with Crippen LogP contribution in [0.2, 0.25) is 0 Å². The molecule has 1 saturated heterocycles. The third-order valence-corrected chi connectivity index (χ3v) is 6.41. The summed E-state index contributed by atoms with van der Waals surface area (Å²) in [6, 6.07) is 0. The molecule has 0 radical (unpaired) electrons. The molecule has 0 bridgehead atoms. The van der Waals surface area contributed by atoms with Crippen molar-refractivity contribution in [3.63, 3.8) is 0 Å². The van der Waals surface area contributed by atoms with Crippen molar-refractivity contribution >= 4 is 24.6 Å². The first-order valence-electron chi connectivity index (χ1n) is 10.3. The number of carbonyl (C=O) groups is 2. The highest BCUT2D eigenvalue weighted by Gasteiger charge is 2.58. The molecule has 0 aliphatic carbocycles. The average Bonchev–Trinajstić information content (AvgIpc) is 2.65. The average molecular weight is 405 g/mol. The largest absolute Gasteiger partial charge is 0.393 e. The van der Waals surface area contributed by atoms with Gasteiger partial charge in [-0.05, 0) is 32.1 Å². The number of unbranched alkanes of at least 4 members (excludes halogenated alkanes) is 1. The van der Waals surface area contributed by atoms with Crippen LogP contribution in [0.1, 0.15) is 92.4 Å². The Morgan fingerprint density at radius 3 is 2.26 bits per heavy atom. The second-order valence-electron chi connectivity index (χ2n) is 7.36. The van der Waals surface area contributed by atoms with E-state index in [4.69, 9.17) is 19.6 Å². The van der Waals surface area contributed by atoms with Crippen LogP contribution >= 0.6 is 12.6 Å². The minimum Gasteiger partial charge on any atom is -0.247 e. The fourth-order valence-corrected chi connectivity index (χ4v) is 4.28. The highest BCUT2D eigenvalue weighted by molar-refractivity contribution is 7.81. The van der Waals surface area contributed by atoms with Crippen molar-refractivity contribution < 1.29 is 29.1 Å². The van der Waals surface area contributed by atoms with E-state index in [1.165, 1.54) is 0 Å². The van der Waals surface area contributed by atoms with Crippen molar-refractivity contribution in [2.75, 3.05) is 0 Å². The molecule has 1 aliphatic heterocycles. The quantitative estimate of drug-likeness (QED) is 0.282. The fourth-order valence-electron chi connectivity index (χ4n) is 3.60. The van der Waals surface area contributed by atoms with E-state index >= 15 is 0 Å². The molecule has 0 aromatic heterocycles. The lowest BCUT2D eigenvalue weighted by molar-refractivity contribution is -0.502. The Balaban J connectivity index is 2.84. The molecule has 0 saturated carbocycles. The summed E-state index contributed by atoms with van der Waals surface area (Å²) in [6.07, 6.45) is 6.29. The molecule has 1 rings (SSSR count). The van der Waals surface area contributed by atoms with Crippen LogP contribution < -0.4 is 0 Å². The molecule has 0 aromatic rings. The summed E-state index contributed by atoms with van der Waals surface area (Å²) in [5.41, 5.74) is -1.97. The molecule has 6 nitrogen and oxygen atoms in total. The van der Waals surface area contributed by atoms with E-state index in [-0.39, 0.29) is 11.4 Å². The minimum absolute atomic E-state index is 0.151. The van der Waals surface area contributed by atoms with Crippen LogP contribution in [0.4, 0.5) is 0 Å². The molecule has 1 fully saturated rings. The van der Waals surface area contributed by atoms with Gasteiger partial charge in [-0.3, -0.25) is 0 Å². The lowest BCUT2D eigenvalue weighted by Gasteiger charge is -2.43. The Hall–Kier alpha value is -0.790. The van der Waals surface area contributed by atoms with E-state index in [1.54, 1.807) is 0 Å². The van der Waals surface area contributed by atoms with Gasteiger partial charge >= 0.3 is 11.9 Å². The topological polar surface area (TPSA) is 71.1 Å². The summed E-state index contributed by atoms with van der Waals surface area (Å²) in [7, 11) is 0. The summed E-state index contributed by atoms with van der Waals surface area (Å²) in [5.74, 6) is -1.24. The Morgan fingerprint density at radius 2 is 1.81 bits per heavy atom. The first kappa shape index (κ1) is 24.2. The molecular formula is C20H36O6S. The van der Waals surface area contributed by atoms with E-state index in [0.29, 0.717) is 25.7 Å². The predicted octanol–water partition coefficient (Wildman–Crippen LogP) is 4.95. The van der Waals surface area contributed by atoms with Crippen LogP contribution in [0.5, 0.6) is 0 Å². The van der Waals surface area contributed by atoms with Gasteiger partial charge in [-0.15, -0.1) is 0 Å². The first-order chi connectivity index (χ1) is 12.9. The van der Waals surface area contributed by atoms with Crippen molar-refractivity contribution in [1.82, 2.24) is 0 Å². The number of thiol groups is 1. The van der Waals surface area contributed by atoms with E-state index < -0.39 is 23.0 Å². The molecule has 0 aromatic carbocycles. The van der Waals surface area contributed by atoms with Crippen LogP contribution in [0.25, 0.3) is 0 Å². The molecule has 0 amide bonds. The van der Waals surface area contributed by atoms with E-state index in [0.717, 1.165) is 32.1 Å². The third kappa shape index (κ3) is 5.18. The van der Waals surface area contributed by atoms with Gasteiger partial charge in [-0.1, -0.05) is 60.3 Å². The molecule has 158 valence electrons. The smallest absolute Gasteiger partial charge is 0.247 e. The minimum atomic E-state index is -1.20. The van der Waals surface area contributed by atoms with Gasteiger partial charge in [0.1, 0.15) is 6.10 Å². The summed E-state index contributed by atoms with van der Waals surface area (Å²) < 4.78 is 0. The van der Waals surface area contributed by atoms with Gasteiger partial charge in [0, 0.05) is 5.25 Å². The van der Waals surface area contributed by atoms with Gasteiger partial charge in [0.25, 0.3) is 0 Å². The lowest BCUT2D eigenvalue weighted by Crippen LogP contribution is -2.62. The second-order valence-corrected chi connectivity index (χ2v) is 7.98. The zero-order valence-corrected chi connectivity index (χ0v) is 18.3. The van der Waals surface area contributed by atoms with Crippen LogP contribution in [0.3, 0.4) is 0 Å². The molecule has 27 heavy (non-hydrogen) atoms. The van der Waals surface area contributed by atoms with Gasteiger partial charge in [-0.25, -0.2) is 29.1 Å². The lowest BCUT2D eigenvalue weighted by atomic mass is 9.75. The summed E-state index contributed by atoms with van der Waals surface area (Å²) in [5, 5.41) is -0.151. The summed E-state index contributed by atoms with van der Waals surface area (Å²) in [6.45, 7) is 9.90. The van der Waals surface area contributed by atoms with E-state index in [1.807, 2.05) is 20.8 Å². The zero-order valence-electron chi connectivity index (χ0n) is 17.4. The Morgan fingerprint density at radius 1 is 1.11 bits per heavy atom. The SMILES string of the molecule is CCCCC(CC)(C(=O)OOC(=O)C1(CC)OOC1CCC)C(S)CCC. The van der Waals surface area contributed by atoms with Gasteiger partial charge < -0.3 is 0 Å². The zero-order chi connectivity index (χ0) is 20.5. The molecular weight excluding hydrogens is 368 g/mol. The number of rotatable bonds is 12. The van der Waals surface area contributed by atoms with Gasteiger partial charge in [0.2, 0.25) is 5.60 Å². The number of hydrogen-bond acceptors (Lipinski definition) is 7. The first-order valence-corrected chi connectivity index (χ1v) is 10.9. The maximum absolute atomic E-state index is 12.9. The monoisotopic (exact) mass is 404 g/mol. The summed E-state index contributed by atoms with van der Waals surface area (Å²) >= 11 is 4.69. The molecule has 0 spiro atoms. The standard InChI is InChI=1S/C20H36O6S/c1-6-11-14-19(9-4,16(27)13-8-3)17(21)24-25-18(22)20(10-5)15(12-7-2)23-26-20/h15-16,27H,6-14H2,1-5H3. The Labute approximate surface area is 168 Å². The molecule has 1 aliphatic rings. The third-order valence-electron chi connectivity index (χ3n) is 5.66. The van der Waals surface area contributed by atoms with Crippen molar-refractivity contribution in [2.24, 2.45) is 5.41 Å². The van der Waals surface area contributed by atoms with Crippen molar-refractivity contribution in [1.29, 1.82) is 0 Å².